The van der Waals surface area contributed by atoms with Crippen LogP contribution in [0.15, 0.2) is 0 Å². The molecule has 1 aliphatic rings. The van der Waals surface area contributed by atoms with Gasteiger partial charge in [-0.1, -0.05) is 0 Å². The van der Waals surface area contributed by atoms with Crippen LogP contribution in [0, 0.1) is 0 Å². The van der Waals surface area contributed by atoms with E-state index in [2.05, 4.69) is 10.6 Å². The first-order valence-corrected chi connectivity index (χ1v) is 5.42. The Morgan fingerprint density at radius 2 is 2.19 bits per heavy atom. The molecular formula is C10H20N4O2. The van der Waals surface area contributed by atoms with E-state index in [-0.39, 0.29) is 17.9 Å². The summed E-state index contributed by atoms with van der Waals surface area (Å²) >= 11 is 0. The summed E-state index contributed by atoms with van der Waals surface area (Å²) in [5, 5.41) is 5.78. The summed E-state index contributed by atoms with van der Waals surface area (Å²) in [6.07, 6.45) is 0. The minimum absolute atomic E-state index is 0.0239. The zero-order valence-corrected chi connectivity index (χ0v) is 10.1. The van der Waals surface area contributed by atoms with Gasteiger partial charge >= 0.3 is 0 Å². The molecule has 6 nitrogen and oxygen atoms in total. The maximum atomic E-state index is 11.6. The molecule has 1 saturated heterocycles. The minimum atomic E-state index is -0.248. The molecule has 2 amide bonds. The molecule has 2 N–H and O–H groups in total. The fourth-order valence-electron chi connectivity index (χ4n) is 1.68. The van der Waals surface area contributed by atoms with Gasteiger partial charge in [0.25, 0.3) is 0 Å². The second kappa shape index (κ2) is 5.81. The van der Waals surface area contributed by atoms with Crippen molar-refractivity contribution in [2.45, 2.75) is 6.04 Å². The number of rotatable bonds is 3. The van der Waals surface area contributed by atoms with Gasteiger partial charge in [0.2, 0.25) is 11.8 Å². The van der Waals surface area contributed by atoms with Crippen LogP contribution in [0.2, 0.25) is 0 Å². The van der Waals surface area contributed by atoms with Gasteiger partial charge in [0.05, 0.1) is 6.54 Å². The molecule has 0 saturated carbocycles. The Balaban J connectivity index is 2.60. The lowest BCUT2D eigenvalue weighted by atomic mass is 10.1. The normalized spacial score (nSPS) is 21.6. The van der Waals surface area contributed by atoms with Gasteiger partial charge in [-0.25, -0.2) is 0 Å². The van der Waals surface area contributed by atoms with Gasteiger partial charge in [-0.15, -0.1) is 0 Å². The summed E-state index contributed by atoms with van der Waals surface area (Å²) in [7, 11) is 5.06. The van der Waals surface area contributed by atoms with Crippen molar-refractivity contribution < 1.29 is 9.59 Å². The van der Waals surface area contributed by atoms with Gasteiger partial charge in [-0.3, -0.25) is 14.5 Å². The molecule has 1 heterocycles. The Labute approximate surface area is 96.0 Å². The lowest BCUT2D eigenvalue weighted by molar-refractivity contribution is -0.133. The zero-order valence-electron chi connectivity index (χ0n) is 10.1. The molecule has 92 valence electrons. The standard InChI is InChI=1S/C10H20N4O2/c1-11-10(16)8-6-12-4-5-14(8)7-9(15)13(2)3/h8,12H,4-7H2,1-3H3,(H,11,16). The van der Waals surface area contributed by atoms with Crippen molar-refractivity contribution in [3.05, 3.63) is 0 Å². The highest BCUT2D eigenvalue weighted by Crippen LogP contribution is 2.03. The molecule has 6 heteroatoms. The number of amides is 2. The third kappa shape index (κ3) is 3.18. The average molecular weight is 228 g/mol. The topological polar surface area (TPSA) is 64.7 Å². The van der Waals surface area contributed by atoms with Gasteiger partial charge in [0.1, 0.15) is 6.04 Å². The third-order valence-electron chi connectivity index (χ3n) is 2.74. The van der Waals surface area contributed by atoms with Crippen molar-refractivity contribution in [1.29, 1.82) is 0 Å². The Kier molecular flexibility index (Phi) is 4.70. The Morgan fingerprint density at radius 3 is 2.75 bits per heavy atom. The molecule has 1 unspecified atom stereocenters. The molecular weight excluding hydrogens is 208 g/mol. The number of nitrogens with one attached hydrogen (secondary N) is 2. The van der Waals surface area contributed by atoms with Crippen LogP contribution >= 0.6 is 0 Å². The third-order valence-corrected chi connectivity index (χ3v) is 2.74. The van der Waals surface area contributed by atoms with E-state index < -0.39 is 0 Å². The number of hydrogen-bond acceptors (Lipinski definition) is 4. The lowest BCUT2D eigenvalue weighted by Gasteiger charge is -2.34. The summed E-state index contributed by atoms with van der Waals surface area (Å²) < 4.78 is 0. The van der Waals surface area contributed by atoms with Crippen LogP contribution in [0.5, 0.6) is 0 Å². The van der Waals surface area contributed by atoms with E-state index in [0.717, 1.165) is 13.1 Å². The second-order valence-corrected chi connectivity index (χ2v) is 4.09. The summed E-state index contributed by atoms with van der Waals surface area (Å²) in [5.41, 5.74) is 0. The number of carbonyl (C=O) groups is 2. The number of piperazine rings is 1. The van der Waals surface area contributed by atoms with Crippen LogP contribution in [-0.4, -0.2) is 75.0 Å². The smallest absolute Gasteiger partial charge is 0.238 e. The Bertz CT molecular complexity index is 268. The largest absolute Gasteiger partial charge is 0.358 e. The van der Waals surface area contributed by atoms with Crippen molar-refractivity contribution in [1.82, 2.24) is 20.4 Å². The highest BCUT2D eigenvalue weighted by atomic mass is 16.2. The van der Waals surface area contributed by atoms with Gasteiger partial charge < -0.3 is 15.5 Å². The average Bonchev–Trinajstić information content (AvgIpc) is 2.28. The van der Waals surface area contributed by atoms with Crippen LogP contribution in [-0.2, 0) is 9.59 Å². The number of hydrogen-bond donors (Lipinski definition) is 2. The van der Waals surface area contributed by atoms with E-state index in [1.165, 1.54) is 0 Å². The van der Waals surface area contributed by atoms with Crippen LogP contribution in [0.1, 0.15) is 0 Å². The first-order chi connectivity index (χ1) is 7.56. The molecule has 1 aliphatic heterocycles. The SMILES string of the molecule is CNC(=O)C1CNCCN1CC(=O)N(C)C. The maximum absolute atomic E-state index is 11.6. The van der Waals surface area contributed by atoms with Crippen LogP contribution in [0.3, 0.4) is 0 Å². The molecule has 0 aromatic rings. The van der Waals surface area contributed by atoms with Crippen molar-refractivity contribution >= 4 is 11.8 Å². The number of likely N-dealkylation sites (N-methyl/N-ethyl adjacent to an activating group) is 2. The lowest BCUT2D eigenvalue weighted by Crippen LogP contribution is -2.59. The van der Waals surface area contributed by atoms with E-state index in [1.807, 2.05) is 4.90 Å². The van der Waals surface area contributed by atoms with E-state index in [9.17, 15) is 9.59 Å². The summed E-state index contributed by atoms with van der Waals surface area (Å²) in [6, 6.07) is -0.248. The van der Waals surface area contributed by atoms with Crippen molar-refractivity contribution in [3.63, 3.8) is 0 Å². The van der Waals surface area contributed by atoms with Crippen molar-refractivity contribution in [3.8, 4) is 0 Å². The highest BCUT2D eigenvalue weighted by Gasteiger charge is 2.29. The van der Waals surface area contributed by atoms with Gasteiger partial charge in [0.15, 0.2) is 0 Å². The fourth-order valence-corrected chi connectivity index (χ4v) is 1.68. The van der Waals surface area contributed by atoms with E-state index >= 15 is 0 Å². The monoisotopic (exact) mass is 228 g/mol. The van der Waals surface area contributed by atoms with E-state index in [1.54, 1.807) is 26.0 Å². The Morgan fingerprint density at radius 1 is 1.50 bits per heavy atom. The van der Waals surface area contributed by atoms with Gasteiger partial charge in [-0.05, 0) is 0 Å². The first kappa shape index (κ1) is 12.9. The second-order valence-electron chi connectivity index (χ2n) is 4.09. The zero-order chi connectivity index (χ0) is 12.1. The molecule has 1 atom stereocenters. The molecule has 0 bridgehead atoms. The number of nitrogens with zero attached hydrogens (tertiary/aromatic N) is 2. The van der Waals surface area contributed by atoms with Crippen LogP contribution in [0.25, 0.3) is 0 Å². The molecule has 1 fully saturated rings. The van der Waals surface area contributed by atoms with Crippen molar-refractivity contribution in [2.24, 2.45) is 0 Å². The fraction of sp³-hybridized carbons (Fsp3) is 0.800. The predicted octanol–water partition coefficient (Wildman–Crippen LogP) is -1.91. The molecule has 16 heavy (non-hydrogen) atoms. The van der Waals surface area contributed by atoms with E-state index in [4.69, 9.17) is 0 Å². The molecule has 0 aliphatic carbocycles. The summed E-state index contributed by atoms with van der Waals surface area (Å²) in [5.74, 6) is -0.0189. The Hall–Kier alpha value is -1.14. The number of carbonyl (C=O) groups excluding carboxylic acids is 2. The minimum Gasteiger partial charge on any atom is -0.358 e. The van der Waals surface area contributed by atoms with Gasteiger partial charge in [0, 0.05) is 40.8 Å². The molecule has 0 aromatic carbocycles. The van der Waals surface area contributed by atoms with Crippen molar-refractivity contribution in [2.75, 3.05) is 47.3 Å². The maximum Gasteiger partial charge on any atom is 0.238 e. The quantitative estimate of drug-likeness (QED) is 0.592. The molecule has 0 radical (unpaired) electrons. The van der Waals surface area contributed by atoms with Crippen LogP contribution < -0.4 is 10.6 Å². The summed E-state index contributed by atoms with van der Waals surface area (Å²) in [4.78, 5) is 26.7. The van der Waals surface area contributed by atoms with Gasteiger partial charge in [-0.2, -0.15) is 0 Å². The highest BCUT2D eigenvalue weighted by molar-refractivity contribution is 5.83. The summed E-state index contributed by atoms with van der Waals surface area (Å²) in [6.45, 7) is 2.43. The predicted molar refractivity (Wildman–Crippen MR) is 61.0 cm³/mol. The molecule has 0 aromatic heterocycles. The first-order valence-electron chi connectivity index (χ1n) is 5.42. The van der Waals surface area contributed by atoms with Crippen LogP contribution in [0.4, 0.5) is 0 Å². The molecule has 1 rings (SSSR count). The van der Waals surface area contributed by atoms with E-state index in [0.29, 0.717) is 13.1 Å². The molecule has 0 spiro atoms.